The Morgan fingerprint density at radius 2 is 2.11 bits per heavy atom. The minimum absolute atomic E-state index is 0.176. The molecule has 0 aliphatic heterocycles. The van der Waals surface area contributed by atoms with Crippen LogP contribution in [-0.2, 0) is 4.79 Å². The fraction of sp³-hybridized carbons (Fsp3) is 0.533. The van der Waals surface area contributed by atoms with E-state index in [0.29, 0.717) is 5.75 Å². The lowest BCUT2D eigenvalue weighted by Crippen LogP contribution is -2.31. The highest BCUT2D eigenvalue weighted by atomic mass is 16.5. The Hall–Kier alpha value is -1.55. The molecule has 0 bridgehead atoms. The predicted octanol–water partition coefficient (Wildman–Crippen LogP) is 2.31. The number of hydrogen-bond acceptors (Lipinski definition) is 3. The van der Waals surface area contributed by atoms with Gasteiger partial charge in [-0.15, -0.1) is 0 Å². The topological polar surface area (TPSA) is 64.3 Å². The van der Waals surface area contributed by atoms with E-state index in [1.807, 2.05) is 19.1 Å². The Balaban J connectivity index is 2.93. The van der Waals surface area contributed by atoms with E-state index in [-0.39, 0.29) is 6.04 Å². The quantitative estimate of drug-likeness (QED) is 0.794. The molecule has 0 radical (unpaired) electrons. The smallest absolute Gasteiger partial charge is 0.258 e. The number of nitrogens with two attached hydrogens (primary N) is 1. The summed E-state index contributed by atoms with van der Waals surface area (Å²) in [5.41, 5.74) is 7.46. The van der Waals surface area contributed by atoms with Crippen LogP contribution in [-0.4, -0.2) is 18.6 Å². The fourth-order valence-corrected chi connectivity index (χ4v) is 1.83. The lowest BCUT2D eigenvalue weighted by atomic mass is 10.0. The molecule has 1 aromatic rings. The largest absolute Gasteiger partial charge is 0.481 e. The van der Waals surface area contributed by atoms with Crippen LogP contribution in [0.1, 0.15) is 44.4 Å². The third kappa shape index (κ3) is 4.56. The highest BCUT2D eigenvalue weighted by molar-refractivity contribution is 5.78. The summed E-state index contributed by atoms with van der Waals surface area (Å²) in [6, 6.07) is 6.12. The van der Waals surface area contributed by atoms with Gasteiger partial charge in [-0.1, -0.05) is 24.6 Å². The normalized spacial score (nSPS) is 13.9. The zero-order valence-electron chi connectivity index (χ0n) is 12.2. The molecule has 0 heterocycles. The monoisotopic (exact) mass is 264 g/mol. The molecule has 2 atom stereocenters. The molecule has 4 heteroatoms. The van der Waals surface area contributed by atoms with E-state index >= 15 is 0 Å². The Labute approximate surface area is 115 Å². The second-order valence-corrected chi connectivity index (χ2v) is 4.88. The molecule has 106 valence electrons. The first-order valence-electron chi connectivity index (χ1n) is 6.75. The summed E-state index contributed by atoms with van der Waals surface area (Å²) in [7, 11) is 0. The van der Waals surface area contributed by atoms with Crippen LogP contribution in [0.3, 0.4) is 0 Å². The van der Waals surface area contributed by atoms with Crippen molar-refractivity contribution in [1.29, 1.82) is 0 Å². The van der Waals surface area contributed by atoms with Gasteiger partial charge in [0.25, 0.3) is 5.91 Å². The van der Waals surface area contributed by atoms with Crippen LogP contribution in [0.15, 0.2) is 18.2 Å². The van der Waals surface area contributed by atoms with Gasteiger partial charge in [-0.25, -0.2) is 0 Å². The van der Waals surface area contributed by atoms with Gasteiger partial charge in [0.15, 0.2) is 6.10 Å². The third-order valence-corrected chi connectivity index (χ3v) is 3.04. The zero-order chi connectivity index (χ0) is 14.4. The van der Waals surface area contributed by atoms with Crippen molar-refractivity contribution in [3.63, 3.8) is 0 Å². The number of carbonyl (C=O) groups excluding carboxylic acids is 1. The van der Waals surface area contributed by atoms with Crippen LogP contribution in [0.2, 0.25) is 0 Å². The molecule has 0 spiro atoms. The van der Waals surface area contributed by atoms with E-state index < -0.39 is 12.0 Å². The molecule has 1 amide bonds. The molecule has 0 fully saturated rings. The van der Waals surface area contributed by atoms with E-state index in [4.69, 9.17) is 10.5 Å². The number of aryl methyl sites for hydroxylation is 1. The van der Waals surface area contributed by atoms with E-state index in [2.05, 4.69) is 25.2 Å². The van der Waals surface area contributed by atoms with Crippen LogP contribution >= 0.6 is 0 Å². The first-order valence-corrected chi connectivity index (χ1v) is 6.75. The van der Waals surface area contributed by atoms with Gasteiger partial charge in [-0.2, -0.15) is 0 Å². The molecular formula is C15H24N2O2. The lowest BCUT2D eigenvalue weighted by molar-refractivity contribution is -0.124. The fourth-order valence-electron chi connectivity index (χ4n) is 1.83. The minimum Gasteiger partial charge on any atom is -0.481 e. The van der Waals surface area contributed by atoms with Crippen molar-refractivity contribution in [1.82, 2.24) is 5.32 Å². The Morgan fingerprint density at radius 1 is 1.42 bits per heavy atom. The van der Waals surface area contributed by atoms with Crippen molar-refractivity contribution in [2.45, 2.75) is 46.3 Å². The van der Waals surface area contributed by atoms with E-state index in [1.165, 1.54) is 5.56 Å². The molecule has 0 aliphatic rings. The molecule has 1 aromatic carbocycles. The minimum atomic E-state index is -0.625. The molecule has 2 unspecified atom stereocenters. The second kappa shape index (κ2) is 7.14. The number of carbonyl (C=O) groups is 1. The highest BCUT2D eigenvalue weighted by Gasteiger charge is 2.16. The number of ether oxygens (including phenoxy) is 1. The Morgan fingerprint density at radius 3 is 2.68 bits per heavy atom. The van der Waals surface area contributed by atoms with Gasteiger partial charge in [0.2, 0.25) is 0 Å². The van der Waals surface area contributed by atoms with E-state index in [1.54, 1.807) is 6.92 Å². The average Bonchev–Trinajstić information content (AvgIpc) is 2.37. The van der Waals surface area contributed by atoms with E-state index in [0.717, 1.165) is 18.5 Å². The van der Waals surface area contributed by atoms with Gasteiger partial charge >= 0.3 is 0 Å². The van der Waals surface area contributed by atoms with Crippen molar-refractivity contribution in [3.8, 4) is 5.75 Å². The lowest BCUT2D eigenvalue weighted by Gasteiger charge is -2.20. The number of hydrogen-bond donors (Lipinski definition) is 2. The first-order chi connectivity index (χ1) is 8.95. The number of amides is 1. The molecule has 0 aliphatic carbocycles. The Bertz CT molecular complexity index is 432. The number of rotatable bonds is 7. The summed E-state index contributed by atoms with van der Waals surface area (Å²) in [4.78, 5) is 11.1. The molecular weight excluding hydrogens is 240 g/mol. The zero-order valence-corrected chi connectivity index (χ0v) is 12.2. The van der Waals surface area contributed by atoms with Gasteiger partial charge in [0.1, 0.15) is 5.75 Å². The summed E-state index contributed by atoms with van der Waals surface area (Å²) in [6.45, 7) is 8.86. The molecule has 0 saturated carbocycles. The summed E-state index contributed by atoms with van der Waals surface area (Å²) < 4.78 is 5.65. The van der Waals surface area contributed by atoms with Gasteiger partial charge in [0, 0.05) is 11.6 Å². The number of benzene rings is 1. The first kappa shape index (κ1) is 15.5. The van der Waals surface area contributed by atoms with Crippen LogP contribution in [0.25, 0.3) is 0 Å². The molecule has 19 heavy (non-hydrogen) atoms. The van der Waals surface area contributed by atoms with Crippen molar-refractivity contribution in [3.05, 3.63) is 29.3 Å². The van der Waals surface area contributed by atoms with E-state index in [9.17, 15) is 4.79 Å². The molecule has 0 aromatic heterocycles. The molecule has 0 saturated heterocycles. The SMILES string of the molecule is CCCNC(C)c1cc(C)ccc1OC(C)C(N)=O. The molecule has 4 nitrogen and oxygen atoms in total. The van der Waals surface area contributed by atoms with Crippen molar-refractivity contribution >= 4 is 5.91 Å². The summed E-state index contributed by atoms with van der Waals surface area (Å²) >= 11 is 0. The maximum Gasteiger partial charge on any atom is 0.258 e. The Kier molecular flexibility index (Phi) is 5.83. The van der Waals surface area contributed by atoms with Gasteiger partial charge in [0.05, 0.1) is 0 Å². The van der Waals surface area contributed by atoms with Crippen LogP contribution in [0.4, 0.5) is 0 Å². The summed E-state index contributed by atoms with van der Waals surface area (Å²) in [5.74, 6) is 0.258. The highest BCUT2D eigenvalue weighted by Crippen LogP contribution is 2.27. The summed E-state index contributed by atoms with van der Waals surface area (Å²) in [6.07, 6.45) is 0.448. The van der Waals surface area contributed by atoms with Crippen molar-refractivity contribution < 1.29 is 9.53 Å². The number of nitrogens with one attached hydrogen (secondary N) is 1. The molecule has 3 N–H and O–H groups in total. The maximum atomic E-state index is 11.1. The summed E-state index contributed by atoms with van der Waals surface area (Å²) in [5, 5.41) is 3.42. The standard InChI is InChI=1S/C15H24N2O2/c1-5-8-17-11(3)13-9-10(2)6-7-14(13)19-12(4)15(16)18/h6-7,9,11-12,17H,5,8H2,1-4H3,(H2,16,18). The maximum absolute atomic E-state index is 11.1. The van der Waals surface area contributed by atoms with Crippen molar-refractivity contribution in [2.75, 3.05) is 6.54 Å². The van der Waals surface area contributed by atoms with Crippen LogP contribution < -0.4 is 15.8 Å². The molecule has 1 rings (SSSR count). The third-order valence-electron chi connectivity index (χ3n) is 3.04. The predicted molar refractivity (Wildman–Crippen MR) is 77.2 cm³/mol. The van der Waals surface area contributed by atoms with Crippen LogP contribution in [0, 0.1) is 6.92 Å². The second-order valence-electron chi connectivity index (χ2n) is 4.88. The van der Waals surface area contributed by atoms with Gasteiger partial charge in [-0.05, 0) is 39.8 Å². The van der Waals surface area contributed by atoms with Crippen LogP contribution in [0.5, 0.6) is 5.75 Å². The number of primary amides is 1. The van der Waals surface area contributed by atoms with Gasteiger partial charge in [-0.3, -0.25) is 4.79 Å². The van der Waals surface area contributed by atoms with Gasteiger partial charge < -0.3 is 15.8 Å². The van der Waals surface area contributed by atoms with Crippen molar-refractivity contribution in [2.24, 2.45) is 5.73 Å². The average molecular weight is 264 g/mol.